The van der Waals surface area contributed by atoms with Gasteiger partial charge in [0.05, 0.1) is 0 Å². The lowest BCUT2D eigenvalue weighted by Gasteiger charge is -1.57. The maximum Gasteiger partial charge on any atom is 0.276 e. The van der Waals surface area contributed by atoms with Gasteiger partial charge in [-0.25, -0.2) is 0 Å². The molecule has 0 saturated carbocycles. The molecule has 0 aliphatic carbocycles. The fourth-order valence-corrected chi connectivity index (χ4v) is 0. The van der Waals surface area contributed by atoms with Gasteiger partial charge in [0.1, 0.15) is 0 Å². The molecule has 0 heterocycles. The molecule has 0 spiro atoms. The maximum atomic E-state index is 8.95. The third-order valence-electron chi connectivity index (χ3n) is 0. The van der Waals surface area contributed by atoms with Crippen LogP contribution in [0.5, 0.6) is 0 Å². The summed E-state index contributed by atoms with van der Waals surface area (Å²) < 4.78 is 8.95. The van der Waals surface area contributed by atoms with Crippen LogP contribution in [-0.2, 0) is 4.57 Å². The molecule has 0 aliphatic rings. The van der Waals surface area contributed by atoms with Crippen LogP contribution >= 0.6 is 18.6 Å². The molecule has 0 amide bonds. The Balaban J connectivity index is 2.80. The Hall–Kier alpha value is 0.480. The van der Waals surface area contributed by atoms with Gasteiger partial charge < -0.3 is 4.89 Å². The van der Waals surface area contributed by atoms with Crippen molar-refractivity contribution in [3.8, 4) is 0 Å². The molecule has 0 saturated heterocycles. The van der Waals surface area contributed by atoms with E-state index in [1.807, 2.05) is 0 Å². The Morgan fingerprint density at radius 2 is 2.00 bits per heavy atom. The summed E-state index contributed by atoms with van der Waals surface area (Å²) in [5.74, 6) is 0. The van der Waals surface area contributed by atoms with Gasteiger partial charge in [0.15, 0.2) is 0 Å². The first-order valence-electron chi connectivity index (χ1n) is 0.617. The molecular formula is H2ClO2P. The summed E-state index contributed by atoms with van der Waals surface area (Å²) in [6.07, 6.45) is 0. The molecule has 2 nitrogen and oxygen atoms in total. The highest BCUT2D eigenvalue weighted by Gasteiger charge is 1.64. The molecule has 1 N–H and O–H groups in total. The summed E-state index contributed by atoms with van der Waals surface area (Å²) in [6, 6.07) is 0. The highest BCUT2D eigenvalue weighted by molar-refractivity contribution is 7.68. The first-order chi connectivity index (χ1) is 1.73. The van der Waals surface area contributed by atoms with Gasteiger partial charge in [0, 0.05) is 0 Å². The van der Waals surface area contributed by atoms with Crippen LogP contribution in [-0.4, -0.2) is 4.89 Å². The maximum absolute atomic E-state index is 8.95. The number of hydrogen-bond donors (Lipinski definition) is 1. The van der Waals surface area contributed by atoms with Crippen LogP contribution < -0.4 is 0 Å². The Morgan fingerprint density at radius 1 is 2.00 bits per heavy atom. The van der Waals surface area contributed by atoms with E-state index in [0.29, 0.717) is 0 Å². The second-order valence-corrected chi connectivity index (χ2v) is 1.73. The zero-order valence-corrected chi connectivity index (χ0v) is 3.49. The number of halogens is 1. The highest BCUT2D eigenvalue weighted by Crippen LogP contribution is 2.17. The largest absolute Gasteiger partial charge is 0.335 e. The normalized spacial score (nSPS) is 15.5. The molecule has 1 atom stereocenters. The second-order valence-electron chi connectivity index (χ2n) is 0.253. The van der Waals surface area contributed by atoms with E-state index < -0.39 is 7.38 Å². The van der Waals surface area contributed by atoms with Crippen LogP contribution in [0, 0.1) is 0 Å². The third kappa shape index (κ3) is 23.6. The fraction of sp³-hybridized carbons (Fsp3) is 0. The SMILES string of the molecule is O=[PH](O)Cl. The van der Waals surface area contributed by atoms with Crippen LogP contribution in [0.15, 0.2) is 0 Å². The van der Waals surface area contributed by atoms with Gasteiger partial charge in [-0.05, 0) is 11.2 Å². The number of hydrogen-bond acceptors (Lipinski definition) is 1. The average Bonchev–Trinajstić information content (AvgIpc) is 0.811. The van der Waals surface area contributed by atoms with Gasteiger partial charge in [0.2, 0.25) is 0 Å². The molecule has 0 aliphatic heterocycles. The summed E-state index contributed by atoms with van der Waals surface area (Å²) in [5, 5.41) is 0. The lowest BCUT2D eigenvalue weighted by Crippen LogP contribution is -1.21. The van der Waals surface area contributed by atoms with Crippen molar-refractivity contribution in [1.29, 1.82) is 0 Å². The van der Waals surface area contributed by atoms with E-state index in [0.717, 1.165) is 0 Å². The van der Waals surface area contributed by atoms with E-state index in [-0.39, 0.29) is 0 Å². The van der Waals surface area contributed by atoms with E-state index in [2.05, 4.69) is 11.2 Å². The molecule has 0 aromatic rings. The van der Waals surface area contributed by atoms with Gasteiger partial charge in [-0.2, -0.15) is 0 Å². The van der Waals surface area contributed by atoms with Crippen molar-refractivity contribution in [3.63, 3.8) is 0 Å². The zero-order chi connectivity index (χ0) is 3.58. The summed E-state index contributed by atoms with van der Waals surface area (Å²) in [6.45, 7) is 0. The minimum absolute atomic E-state index is 2.66. The predicted octanol–water partition coefficient (Wildman–Crippen LogP) is 0.607. The molecule has 26 valence electrons. The molecule has 1 unspecified atom stereocenters. The van der Waals surface area contributed by atoms with Crippen molar-refractivity contribution in [3.05, 3.63) is 0 Å². The standard InChI is InChI=1S/ClH2O2P/c1-4(2)3/h4H,(H,2,3). The van der Waals surface area contributed by atoms with Gasteiger partial charge in [-0.1, -0.05) is 0 Å². The molecule has 4 heavy (non-hydrogen) atoms. The summed E-state index contributed by atoms with van der Waals surface area (Å²) in [7, 11) is -2.66. The van der Waals surface area contributed by atoms with Gasteiger partial charge in [0.25, 0.3) is 7.38 Å². The van der Waals surface area contributed by atoms with E-state index in [9.17, 15) is 0 Å². The predicted molar refractivity (Wildman–Crippen MR) is 17.1 cm³/mol. The molecule has 0 aromatic heterocycles. The highest BCUT2D eigenvalue weighted by atomic mass is 35.7. The zero-order valence-electron chi connectivity index (χ0n) is 1.73. The molecule has 4 heteroatoms. The average molecular weight is 100 g/mol. The van der Waals surface area contributed by atoms with Crippen LogP contribution in [0.2, 0.25) is 0 Å². The van der Waals surface area contributed by atoms with Crippen molar-refractivity contribution >= 4 is 18.6 Å². The van der Waals surface area contributed by atoms with Crippen molar-refractivity contribution in [2.24, 2.45) is 0 Å². The van der Waals surface area contributed by atoms with Crippen LogP contribution in [0.4, 0.5) is 0 Å². The molecule has 0 fully saturated rings. The van der Waals surface area contributed by atoms with Crippen molar-refractivity contribution in [1.82, 2.24) is 0 Å². The smallest absolute Gasteiger partial charge is 0.276 e. The van der Waals surface area contributed by atoms with E-state index >= 15 is 0 Å². The Morgan fingerprint density at radius 3 is 2.00 bits per heavy atom. The Bertz CT molecular complexity index is 29.0. The van der Waals surface area contributed by atoms with Crippen molar-refractivity contribution in [2.45, 2.75) is 0 Å². The minimum Gasteiger partial charge on any atom is -0.335 e. The lowest BCUT2D eigenvalue weighted by atomic mass is 15.9. The summed E-state index contributed by atoms with van der Waals surface area (Å²) >= 11 is 4.38. The van der Waals surface area contributed by atoms with Gasteiger partial charge in [-0.15, -0.1) is 0 Å². The Labute approximate surface area is 29.1 Å². The van der Waals surface area contributed by atoms with E-state index in [1.54, 1.807) is 0 Å². The van der Waals surface area contributed by atoms with E-state index in [1.165, 1.54) is 0 Å². The molecule has 0 rings (SSSR count). The van der Waals surface area contributed by atoms with Gasteiger partial charge in [-0.3, -0.25) is 4.57 Å². The quantitative estimate of drug-likeness (QED) is 0.453. The summed E-state index contributed by atoms with van der Waals surface area (Å²) in [4.78, 5) is 7.37. The first-order valence-corrected chi connectivity index (χ1v) is 2.98. The van der Waals surface area contributed by atoms with Crippen molar-refractivity contribution in [2.75, 3.05) is 0 Å². The summed E-state index contributed by atoms with van der Waals surface area (Å²) in [5.41, 5.74) is 0. The minimum atomic E-state index is -2.66. The topological polar surface area (TPSA) is 37.3 Å². The number of rotatable bonds is 0. The van der Waals surface area contributed by atoms with E-state index in [4.69, 9.17) is 9.46 Å². The Kier molecular flexibility index (Phi) is 1.98. The third-order valence-corrected chi connectivity index (χ3v) is 0. The van der Waals surface area contributed by atoms with Gasteiger partial charge >= 0.3 is 0 Å². The fourth-order valence-electron chi connectivity index (χ4n) is 0. The van der Waals surface area contributed by atoms with Crippen molar-refractivity contribution < 1.29 is 9.46 Å². The van der Waals surface area contributed by atoms with Crippen LogP contribution in [0.1, 0.15) is 0 Å². The first kappa shape index (κ1) is 4.48. The second kappa shape index (κ2) is 1.77. The lowest BCUT2D eigenvalue weighted by molar-refractivity contribution is 0.518. The molecular weight excluding hydrogens is 98.4 g/mol. The molecule has 0 aromatic carbocycles. The monoisotopic (exact) mass is 99.9 g/mol. The van der Waals surface area contributed by atoms with Crippen LogP contribution in [0.25, 0.3) is 0 Å². The molecule has 0 bridgehead atoms. The molecule has 0 radical (unpaired) electrons. The van der Waals surface area contributed by atoms with Crippen LogP contribution in [0.3, 0.4) is 0 Å².